The van der Waals surface area contributed by atoms with Crippen molar-refractivity contribution in [2.75, 3.05) is 5.73 Å². The van der Waals surface area contributed by atoms with Crippen molar-refractivity contribution < 1.29 is 4.79 Å². The maximum absolute atomic E-state index is 11.9. The molecule has 0 aliphatic carbocycles. The highest BCUT2D eigenvalue weighted by Crippen LogP contribution is 2.08. The van der Waals surface area contributed by atoms with Crippen LogP contribution in [0.3, 0.4) is 0 Å². The average Bonchev–Trinajstić information content (AvgIpc) is 2.70. The number of hydrogen-bond acceptors (Lipinski definition) is 4. The Bertz CT molecular complexity index is 671. The van der Waals surface area contributed by atoms with Gasteiger partial charge in [-0.25, -0.2) is 0 Å². The van der Waals surface area contributed by atoms with Crippen LogP contribution in [0.2, 0.25) is 0 Å². The summed E-state index contributed by atoms with van der Waals surface area (Å²) in [5.41, 5.74) is 6.60. The fourth-order valence-electron chi connectivity index (χ4n) is 1.60. The van der Waals surface area contributed by atoms with Crippen molar-refractivity contribution in [2.24, 2.45) is 14.1 Å². The summed E-state index contributed by atoms with van der Waals surface area (Å²) < 4.78 is 2.93. The second kappa shape index (κ2) is 4.97. The number of pyridine rings is 1. The quantitative estimate of drug-likeness (QED) is 0.788. The molecule has 2 heterocycles. The zero-order valence-corrected chi connectivity index (χ0v) is 10.8. The Morgan fingerprint density at radius 2 is 2.21 bits per heavy atom. The van der Waals surface area contributed by atoms with Gasteiger partial charge in [0.15, 0.2) is 0 Å². The number of amides is 1. The summed E-state index contributed by atoms with van der Waals surface area (Å²) in [5, 5.41) is 6.68. The molecule has 3 N–H and O–H groups in total. The Labute approximate surface area is 109 Å². The van der Waals surface area contributed by atoms with E-state index in [9.17, 15) is 9.59 Å². The number of aromatic nitrogens is 3. The summed E-state index contributed by atoms with van der Waals surface area (Å²) in [6.45, 7) is 0.272. The third-order valence-electron chi connectivity index (χ3n) is 2.87. The van der Waals surface area contributed by atoms with Crippen LogP contribution in [0.5, 0.6) is 0 Å². The first-order valence-corrected chi connectivity index (χ1v) is 5.70. The van der Waals surface area contributed by atoms with Gasteiger partial charge in [0.05, 0.1) is 6.20 Å². The first-order chi connectivity index (χ1) is 8.99. The average molecular weight is 261 g/mol. The number of rotatable bonds is 3. The third kappa shape index (κ3) is 2.65. The zero-order valence-electron chi connectivity index (χ0n) is 10.8. The van der Waals surface area contributed by atoms with Crippen LogP contribution in [0.1, 0.15) is 15.9 Å². The molecule has 0 saturated heterocycles. The highest BCUT2D eigenvalue weighted by molar-refractivity contribution is 5.93. The van der Waals surface area contributed by atoms with Gasteiger partial charge in [-0.1, -0.05) is 0 Å². The van der Waals surface area contributed by atoms with Crippen LogP contribution in [0, 0.1) is 0 Å². The van der Waals surface area contributed by atoms with Crippen LogP contribution in [0.4, 0.5) is 5.82 Å². The van der Waals surface area contributed by atoms with E-state index in [-0.39, 0.29) is 18.0 Å². The van der Waals surface area contributed by atoms with Crippen molar-refractivity contribution in [3.63, 3.8) is 0 Å². The molecular weight excluding hydrogens is 246 g/mol. The van der Waals surface area contributed by atoms with E-state index in [1.165, 1.54) is 15.3 Å². The Balaban J connectivity index is 2.07. The Hall–Kier alpha value is -2.57. The van der Waals surface area contributed by atoms with Gasteiger partial charge in [-0.3, -0.25) is 14.3 Å². The summed E-state index contributed by atoms with van der Waals surface area (Å²) in [4.78, 5) is 23.3. The van der Waals surface area contributed by atoms with E-state index in [1.54, 1.807) is 32.6 Å². The number of nitrogens with two attached hydrogens (primary N) is 1. The van der Waals surface area contributed by atoms with Gasteiger partial charge in [0.2, 0.25) is 0 Å². The van der Waals surface area contributed by atoms with E-state index in [0.29, 0.717) is 11.4 Å². The normalized spacial score (nSPS) is 10.4. The highest BCUT2D eigenvalue weighted by Gasteiger charge is 2.09. The van der Waals surface area contributed by atoms with Gasteiger partial charge in [-0.2, -0.15) is 5.10 Å². The monoisotopic (exact) mass is 261 g/mol. The molecule has 0 atom stereocenters. The largest absolute Gasteiger partial charge is 0.384 e. The summed E-state index contributed by atoms with van der Waals surface area (Å²) in [6.07, 6.45) is 3.15. The van der Waals surface area contributed by atoms with E-state index in [0.717, 1.165) is 5.56 Å². The molecule has 2 aromatic heterocycles. The minimum Gasteiger partial charge on any atom is -0.384 e. The first-order valence-electron chi connectivity index (χ1n) is 5.70. The molecular formula is C12H15N5O2. The Morgan fingerprint density at radius 1 is 1.47 bits per heavy atom. The number of hydrogen-bond donors (Lipinski definition) is 2. The second-order valence-electron chi connectivity index (χ2n) is 4.23. The van der Waals surface area contributed by atoms with Gasteiger partial charge < -0.3 is 15.6 Å². The van der Waals surface area contributed by atoms with Crippen molar-refractivity contribution >= 4 is 11.7 Å². The summed E-state index contributed by atoms with van der Waals surface area (Å²) in [7, 11) is 3.35. The molecule has 2 aromatic rings. The zero-order chi connectivity index (χ0) is 14.0. The molecule has 0 bridgehead atoms. The Morgan fingerprint density at radius 3 is 2.79 bits per heavy atom. The van der Waals surface area contributed by atoms with E-state index in [1.807, 2.05) is 0 Å². The lowest BCUT2D eigenvalue weighted by Gasteiger charge is -2.05. The highest BCUT2D eigenvalue weighted by atomic mass is 16.2. The molecule has 2 rings (SSSR count). The summed E-state index contributed by atoms with van der Waals surface area (Å²) in [6, 6.07) is 2.88. The fourth-order valence-corrected chi connectivity index (χ4v) is 1.60. The smallest absolute Gasteiger partial charge is 0.251 e. The standard InChI is InChI=1S/C12H15N5O2/c1-16-4-3-8(5-10(16)18)12(19)14-6-9-7-15-17(2)11(9)13/h3-5,7H,6,13H2,1-2H3,(H,14,19). The molecule has 0 fully saturated rings. The van der Waals surface area contributed by atoms with Gasteiger partial charge in [0, 0.05) is 44.0 Å². The summed E-state index contributed by atoms with van der Waals surface area (Å²) in [5.74, 6) is 0.185. The minimum absolute atomic E-state index is 0.228. The predicted molar refractivity (Wildman–Crippen MR) is 70.5 cm³/mol. The van der Waals surface area contributed by atoms with Gasteiger partial charge in [-0.15, -0.1) is 0 Å². The van der Waals surface area contributed by atoms with Crippen LogP contribution >= 0.6 is 0 Å². The number of nitrogens with one attached hydrogen (secondary N) is 1. The van der Waals surface area contributed by atoms with Crippen molar-refractivity contribution in [3.8, 4) is 0 Å². The molecule has 0 aromatic carbocycles. The lowest BCUT2D eigenvalue weighted by Crippen LogP contribution is -2.26. The van der Waals surface area contributed by atoms with Gasteiger partial charge >= 0.3 is 0 Å². The number of carbonyl (C=O) groups excluding carboxylic acids is 1. The molecule has 7 heteroatoms. The maximum atomic E-state index is 11.9. The molecule has 19 heavy (non-hydrogen) atoms. The molecule has 7 nitrogen and oxygen atoms in total. The molecule has 0 spiro atoms. The minimum atomic E-state index is -0.319. The number of nitrogens with zero attached hydrogens (tertiary/aromatic N) is 3. The number of anilines is 1. The van der Waals surface area contributed by atoms with Gasteiger partial charge in [0.25, 0.3) is 11.5 Å². The molecule has 0 saturated carbocycles. The SMILES string of the molecule is Cn1ncc(CNC(=O)c2ccn(C)c(=O)c2)c1N. The predicted octanol–water partition coefficient (Wildman–Crippen LogP) is -0.369. The van der Waals surface area contributed by atoms with Crippen LogP contribution in [-0.4, -0.2) is 20.3 Å². The number of nitrogen functional groups attached to an aromatic ring is 1. The summed E-state index contributed by atoms with van der Waals surface area (Å²) >= 11 is 0. The topological polar surface area (TPSA) is 94.9 Å². The Kier molecular flexibility index (Phi) is 3.37. The van der Waals surface area contributed by atoms with E-state index < -0.39 is 0 Å². The maximum Gasteiger partial charge on any atom is 0.251 e. The molecule has 1 amide bonds. The van der Waals surface area contributed by atoms with Crippen molar-refractivity contribution in [2.45, 2.75) is 6.54 Å². The van der Waals surface area contributed by atoms with Crippen LogP contribution < -0.4 is 16.6 Å². The molecule has 0 radical (unpaired) electrons. The van der Waals surface area contributed by atoms with Crippen molar-refractivity contribution in [3.05, 3.63) is 46.0 Å². The lowest BCUT2D eigenvalue weighted by molar-refractivity contribution is 0.0950. The number of carbonyl (C=O) groups is 1. The fraction of sp³-hybridized carbons (Fsp3) is 0.250. The van der Waals surface area contributed by atoms with Crippen LogP contribution in [0.25, 0.3) is 0 Å². The van der Waals surface area contributed by atoms with Crippen molar-refractivity contribution in [1.82, 2.24) is 19.7 Å². The van der Waals surface area contributed by atoms with Crippen LogP contribution in [0.15, 0.2) is 29.3 Å². The molecule has 0 unspecified atom stereocenters. The van der Waals surface area contributed by atoms with Gasteiger partial charge in [-0.05, 0) is 6.07 Å². The lowest BCUT2D eigenvalue weighted by atomic mass is 10.2. The van der Waals surface area contributed by atoms with E-state index >= 15 is 0 Å². The number of aryl methyl sites for hydroxylation is 2. The van der Waals surface area contributed by atoms with Gasteiger partial charge in [0.1, 0.15) is 5.82 Å². The van der Waals surface area contributed by atoms with Crippen molar-refractivity contribution in [1.29, 1.82) is 0 Å². The molecule has 100 valence electrons. The molecule has 0 aliphatic heterocycles. The third-order valence-corrected chi connectivity index (χ3v) is 2.87. The molecule has 0 aliphatic rings. The van der Waals surface area contributed by atoms with E-state index in [2.05, 4.69) is 10.4 Å². The van der Waals surface area contributed by atoms with Crippen LogP contribution in [-0.2, 0) is 20.6 Å². The second-order valence-corrected chi connectivity index (χ2v) is 4.23. The first kappa shape index (κ1) is 12.9. The van der Waals surface area contributed by atoms with E-state index in [4.69, 9.17) is 5.73 Å².